The number of benzene rings is 2. The third-order valence-electron chi connectivity index (χ3n) is 5.18. The highest BCUT2D eigenvalue weighted by atomic mass is 19.1. The van der Waals surface area contributed by atoms with Crippen LogP contribution in [0.1, 0.15) is 16.7 Å². The smallest absolute Gasteiger partial charge is 0.332 e. The molecule has 0 bridgehead atoms. The van der Waals surface area contributed by atoms with E-state index in [1.165, 1.54) is 29.3 Å². The topological polar surface area (TPSA) is 47.2 Å². The molecule has 0 radical (unpaired) electrons. The van der Waals surface area contributed by atoms with Crippen LogP contribution in [-0.2, 0) is 26.6 Å². The minimum Gasteiger partial charge on any atom is -0.353 e. The van der Waals surface area contributed by atoms with Gasteiger partial charge in [0.25, 0.3) is 5.56 Å². The summed E-state index contributed by atoms with van der Waals surface area (Å²) < 4.78 is 29.8. The monoisotopic (exact) mass is 383 g/mol. The molecule has 28 heavy (non-hydrogen) atoms. The molecule has 7 heteroatoms. The number of hydrogen-bond donors (Lipinski definition) is 0. The van der Waals surface area contributed by atoms with E-state index in [4.69, 9.17) is 0 Å². The van der Waals surface area contributed by atoms with Crippen molar-refractivity contribution in [2.75, 3.05) is 11.4 Å². The van der Waals surface area contributed by atoms with Crippen LogP contribution < -0.4 is 16.1 Å². The van der Waals surface area contributed by atoms with Crippen molar-refractivity contribution in [3.8, 4) is 0 Å². The van der Waals surface area contributed by atoms with Gasteiger partial charge in [-0.2, -0.15) is 0 Å². The molecule has 0 fully saturated rings. The van der Waals surface area contributed by atoms with Crippen molar-refractivity contribution in [2.45, 2.75) is 19.5 Å². The lowest BCUT2D eigenvalue weighted by Crippen LogP contribution is -2.43. The highest BCUT2D eigenvalue weighted by molar-refractivity contribution is 5.45. The zero-order chi connectivity index (χ0) is 19.8. The molecule has 1 aliphatic heterocycles. The molecule has 0 spiro atoms. The van der Waals surface area contributed by atoms with Gasteiger partial charge in [-0.1, -0.05) is 30.3 Å². The summed E-state index contributed by atoms with van der Waals surface area (Å²) in [6.07, 6.45) is 0.782. The van der Waals surface area contributed by atoms with Crippen LogP contribution in [0.25, 0.3) is 0 Å². The number of nitrogens with zero attached hydrogens (tertiary/aromatic N) is 3. The number of anilines is 1. The summed E-state index contributed by atoms with van der Waals surface area (Å²) in [7, 11) is 1.39. The molecule has 0 atom stereocenters. The van der Waals surface area contributed by atoms with Crippen LogP contribution in [-0.4, -0.2) is 15.7 Å². The van der Waals surface area contributed by atoms with Crippen molar-refractivity contribution in [1.82, 2.24) is 9.13 Å². The lowest BCUT2D eigenvalue weighted by molar-refractivity contribution is 0.553. The summed E-state index contributed by atoms with van der Waals surface area (Å²) in [5, 5.41) is 0. The van der Waals surface area contributed by atoms with Crippen LogP contribution in [0, 0.1) is 11.6 Å². The summed E-state index contributed by atoms with van der Waals surface area (Å²) in [6.45, 7) is 1.09. The van der Waals surface area contributed by atoms with E-state index in [0.29, 0.717) is 18.9 Å². The Morgan fingerprint density at radius 1 is 1.00 bits per heavy atom. The number of hydrogen-bond acceptors (Lipinski definition) is 3. The Bertz CT molecular complexity index is 1170. The lowest BCUT2D eigenvalue weighted by Gasteiger charge is -2.32. The molecule has 2 heterocycles. The molecule has 0 saturated heterocycles. The number of halogens is 2. The third kappa shape index (κ3) is 3.24. The second-order valence-corrected chi connectivity index (χ2v) is 6.94. The van der Waals surface area contributed by atoms with Gasteiger partial charge >= 0.3 is 5.69 Å². The van der Waals surface area contributed by atoms with Gasteiger partial charge in [0.15, 0.2) is 0 Å². The highest BCUT2D eigenvalue weighted by Crippen LogP contribution is 2.24. The Balaban J connectivity index is 1.79. The number of rotatable bonds is 3. The van der Waals surface area contributed by atoms with Crippen LogP contribution in [0.2, 0.25) is 0 Å². The Hall–Kier alpha value is -3.22. The minimum atomic E-state index is -0.726. The lowest BCUT2D eigenvalue weighted by atomic mass is 10.00. The van der Waals surface area contributed by atoms with Gasteiger partial charge in [0.2, 0.25) is 0 Å². The first-order valence-corrected chi connectivity index (χ1v) is 9.00. The van der Waals surface area contributed by atoms with Crippen molar-refractivity contribution in [3.63, 3.8) is 0 Å². The quantitative estimate of drug-likeness (QED) is 0.698. The van der Waals surface area contributed by atoms with Crippen molar-refractivity contribution in [1.29, 1.82) is 0 Å². The fraction of sp³-hybridized carbons (Fsp3) is 0.238. The second kappa shape index (κ2) is 7.07. The van der Waals surface area contributed by atoms with Gasteiger partial charge in [-0.3, -0.25) is 13.9 Å². The van der Waals surface area contributed by atoms with E-state index in [-0.39, 0.29) is 12.1 Å². The van der Waals surface area contributed by atoms with Crippen LogP contribution >= 0.6 is 0 Å². The molecule has 0 N–H and O–H groups in total. The molecule has 1 aliphatic rings. The fourth-order valence-corrected chi connectivity index (χ4v) is 3.58. The summed E-state index contributed by atoms with van der Waals surface area (Å²) in [5.41, 5.74) is 1.59. The first kappa shape index (κ1) is 18.2. The van der Waals surface area contributed by atoms with E-state index in [1.807, 2.05) is 23.1 Å². The predicted octanol–water partition coefficient (Wildman–Crippen LogP) is 2.44. The van der Waals surface area contributed by atoms with Crippen molar-refractivity contribution in [3.05, 3.63) is 97.7 Å². The van der Waals surface area contributed by atoms with Crippen LogP contribution in [0.4, 0.5) is 14.6 Å². The minimum absolute atomic E-state index is 0.0907. The summed E-state index contributed by atoms with van der Waals surface area (Å²) >= 11 is 0. The second-order valence-electron chi connectivity index (χ2n) is 6.94. The molecule has 0 aliphatic carbocycles. The van der Waals surface area contributed by atoms with E-state index in [0.717, 1.165) is 28.7 Å². The van der Waals surface area contributed by atoms with Crippen LogP contribution in [0.15, 0.2) is 58.1 Å². The molecule has 1 aromatic heterocycles. The van der Waals surface area contributed by atoms with E-state index in [9.17, 15) is 18.4 Å². The molecular weight excluding hydrogens is 364 g/mol. The van der Waals surface area contributed by atoms with Gasteiger partial charge in [-0.15, -0.1) is 0 Å². The van der Waals surface area contributed by atoms with Crippen molar-refractivity contribution in [2.24, 2.45) is 7.05 Å². The molecule has 0 saturated carbocycles. The number of fused-ring (bicyclic) bond motifs is 1. The highest BCUT2D eigenvalue weighted by Gasteiger charge is 2.21. The van der Waals surface area contributed by atoms with E-state index >= 15 is 0 Å². The largest absolute Gasteiger partial charge is 0.353 e. The third-order valence-corrected chi connectivity index (χ3v) is 5.18. The van der Waals surface area contributed by atoms with Gasteiger partial charge in [0.05, 0.1) is 6.54 Å². The molecule has 4 rings (SSSR count). The maximum atomic E-state index is 14.2. The van der Waals surface area contributed by atoms with Crippen molar-refractivity contribution < 1.29 is 8.78 Å². The maximum absolute atomic E-state index is 14.2. The Morgan fingerprint density at radius 2 is 1.75 bits per heavy atom. The van der Waals surface area contributed by atoms with Crippen LogP contribution in [0.5, 0.6) is 0 Å². The van der Waals surface area contributed by atoms with Gasteiger partial charge < -0.3 is 4.90 Å². The maximum Gasteiger partial charge on any atom is 0.332 e. The average Bonchev–Trinajstić information content (AvgIpc) is 2.69. The molecule has 2 aromatic carbocycles. The molecule has 3 aromatic rings. The molecule has 144 valence electrons. The Labute approximate surface area is 160 Å². The molecule has 0 amide bonds. The molecule has 5 nitrogen and oxygen atoms in total. The first-order chi connectivity index (χ1) is 13.4. The van der Waals surface area contributed by atoms with Gasteiger partial charge in [0.1, 0.15) is 17.5 Å². The van der Waals surface area contributed by atoms with Gasteiger partial charge in [-0.25, -0.2) is 13.6 Å². The van der Waals surface area contributed by atoms with Crippen LogP contribution in [0.3, 0.4) is 0 Å². The van der Waals surface area contributed by atoms with Gasteiger partial charge in [0, 0.05) is 37.8 Å². The number of aromatic nitrogens is 2. The zero-order valence-corrected chi connectivity index (χ0v) is 15.4. The first-order valence-electron chi connectivity index (χ1n) is 9.00. The normalized spacial score (nSPS) is 13.5. The fourth-order valence-electron chi connectivity index (χ4n) is 3.58. The molecule has 0 unspecified atom stereocenters. The van der Waals surface area contributed by atoms with E-state index in [2.05, 4.69) is 6.07 Å². The Kier molecular flexibility index (Phi) is 4.58. The summed E-state index contributed by atoms with van der Waals surface area (Å²) in [5.74, 6) is -0.969. The van der Waals surface area contributed by atoms with E-state index in [1.54, 1.807) is 0 Å². The zero-order valence-electron chi connectivity index (χ0n) is 15.4. The Morgan fingerprint density at radius 3 is 2.50 bits per heavy atom. The van der Waals surface area contributed by atoms with E-state index < -0.39 is 22.9 Å². The SMILES string of the molecule is Cn1c(=O)cc(N2CCc3ccccc3C2)n(Cc2ccc(F)cc2F)c1=O. The van der Waals surface area contributed by atoms with Gasteiger partial charge in [-0.05, 0) is 23.6 Å². The molecular formula is C21H19F2N3O2. The average molecular weight is 383 g/mol. The summed E-state index contributed by atoms with van der Waals surface area (Å²) in [4.78, 5) is 27.0. The standard InChI is InChI=1S/C21H19F2N3O2/c1-24-20(27)11-19(25-9-8-14-4-2-3-5-15(14)12-25)26(21(24)28)13-16-6-7-17(22)10-18(16)23/h2-7,10-11H,8-9,12-13H2,1H3. The summed E-state index contributed by atoms with van der Waals surface area (Å²) in [6, 6.07) is 12.7. The predicted molar refractivity (Wildman–Crippen MR) is 103 cm³/mol. The van der Waals surface area contributed by atoms with Crippen molar-refractivity contribution >= 4 is 5.82 Å².